The quantitative estimate of drug-likeness (QED) is 0.728. The number of carbonyl (C=O) groups excluding carboxylic acids is 1. The van der Waals surface area contributed by atoms with Gasteiger partial charge >= 0.3 is 0 Å². The van der Waals surface area contributed by atoms with Crippen LogP contribution in [0, 0.1) is 6.92 Å². The van der Waals surface area contributed by atoms with Crippen molar-refractivity contribution >= 4 is 18.1 Å². The van der Waals surface area contributed by atoms with Crippen molar-refractivity contribution in [2.45, 2.75) is 6.92 Å². The summed E-state index contributed by atoms with van der Waals surface area (Å²) in [7, 11) is 0. The Bertz CT molecular complexity index is 816. The van der Waals surface area contributed by atoms with Gasteiger partial charge < -0.3 is 0 Å². The first-order chi connectivity index (χ1) is 10.7. The van der Waals surface area contributed by atoms with E-state index in [4.69, 9.17) is 0 Å². The zero-order chi connectivity index (χ0) is 15.4. The molecule has 22 heavy (non-hydrogen) atoms. The van der Waals surface area contributed by atoms with E-state index in [1.165, 1.54) is 4.68 Å². The maximum Gasteiger partial charge on any atom is 0.278 e. The summed E-state index contributed by atoms with van der Waals surface area (Å²) in [4.78, 5) is 12.4. The lowest BCUT2D eigenvalue weighted by Gasteiger charge is -2.03. The normalized spacial score (nSPS) is 11.0. The van der Waals surface area contributed by atoms with Crippen LogP contribution in [0.4, 0.5) is 0 Å². The molecule has 0 spiro atoms. The molecule has 108 valence electrons. The molecule has 3 nitrogen and oxygen atoms in total. The van der Waals surface area contributed by atoms with Gasteiger partial charge in [0.2, 0.25) is 0 Å². The predicted octanol–water partition coefficient (Wildman–Crippen LogP) is 4.05. The summed E-state index contributed by atoms with van der Waals surface area (Å²) >= 11 is 0. The number of nitrogens with zero attached hydrogens (tertiary/aromatic N) is 2. The predicted molar refractivity (Wildman–Crippen MR) is 88.5 cm³/mol. The fourth-order valence-corrected chi connectivity index (χ4v) is 2.22. The summed E-state index contributed by atoms with van der Waals surface area (Å²) in [5, 5.41) is 4.32. The Morgan fingerprint density at radius 2 is 1.68 bits per heavy atom. The van der Waals surface area contributed by atoms with Crippen LogP contribution in [-0.4, -0.2) is 15.7 Å². The molecule has 0 amide bonds. The third-order valence-electron chi connectivity index (χ3n) is 3.44. The topological polar surface area (TPSA) is 34.9 Å². The van der Waals surface area contributed by atoms with Gasteiger partial charge in [0.1, 0.15) is 0 Å². The van der Waals surface area contributed by atoms with Gasteiger partial charge in [-0.3, -0.25) is 4.79 Å². The molecule has 0 saturated heterocycles. The van der Waals surface area contributed by atoms with Crippen LogP contribution in [0.1, 0.15) is 27.2 Å². The number of aromatic nitrogens is 2. The fraction of sp³-hybridized carbons (Fsp3) is 0.0526. The summed E-state index contributed by atoms with van der Waals surface area (Å²) < 4.78 is 1.38. The van der Waals surface area contributed by atoms with Crippen LogP contribution in [0.3, 0.4) is 0 Å². The Hall–Kier alpha value is -2.94. The van der Waals surface area contributed by atoms with Gasteiger partial charge in [0, 0.05) is 11.8 Å². The number of carbonyl (C=O) groups is 1. The molecule has 3 heteroatoms. The SMILES string of the molecule is Cc1ccccc1C(=O)n1ccc(/C=C/c2ccccc2)n1. The third-order valence-corrected chi connectivity index (χ3v) is 3.44. The highest BCUT2D eigenvalue weighted by molar-refractivity contribution is 5.96. The van der Waals surface area contributed by atoms with E-state index in [9.17, 15) is 4.79 Å². The first-order valence-electron chi connectivity index (χ1n) is 7.13. The van der Waals surface area contributed by atoms with E-state index in [1.807, 2.05) is 79.7 Å². The lowest BCUT2D eigenvalue weighted by atomic mass is 10.1. The molecule has 0 aliphatic carbocycles. The Kier molecular flexibility index (Phi) is 3.97. The number of aryl methyl sites for hydroxylation is 1. The fourth-order valence-electron chi connectivity index (χ4n) is 2.22. The summed E-state index contributed by atoms with van der Waals surface area (Å²) in [5.41, 5.74) is 3.47. The second-order valence-electron chi connectivity index (χ2n) is 5.05. The van der Waals surface area contributed by atoms with Crippen LogP contribution in [0.5, 0.6) is 0 Å². The van der Waals surface area contributed by atoms with Gasteiger partial charge in [0.15, 0.2) is 0 Å². The van der Waals surface area contributed by atoms with Crippen LogP contribution in [0.25, 0.3) is 12.2 Å². The number of hydrogen-bond donors (Lipinski definition) is 0. The molecule has 1 heterocycles. The van der Waals surface area contributed by atoms with Gasteiger partial charge in [0.25, 0.3) is 5.91 Å². The Morgan fingerprint density at radius 1 is 0.955 bits per heavy atom. The summed E-state index contributed by atoms with van der Waals surface area (Å²) in [5.74, 6) is -0.113. The molecule has 0 atom stereocenters. The maximum absolute atomic E-state index is 12.4. The molecule has 3 aromatic rings. The lowest BCUT2D eigenvalue weighted by molar-refractivity contribution is 0.0944. The van der Waals surface area contributed by atoms with Gasteiger partial charge in [-0.05, 0) is 36.3 Å². The largest absolute Gasteiger partial charge is 0.278 e. The summed E-state index contributed by atoms with van der Waals surface area (Å²) in [6, 6.07) is 19.3. The van der Waals surface area contributed by atoms with Crippen molar-refractivity contribution in [3.05, 3.63) is 89.2 Å². The summed E-state index contributed by atoms with van der Waals surface area (Å²) in [6.45, 7) is 1.92. The van der Waals surface area contributed by atoms with Gasteiger partial charge in [-0.1, -0.05) is 54.6 Å². The zero-order valence-electron chi connectivity index (χ0n) is 12.3. The van der Waals surface area contributed by atoms with Crippen molar-refractivity contribution in [3.8, 4) is 0 Å². The summed E-state index contributed by atoms with van der Waals surface area (Å²) in [6.07, 6.45) is 5.57. The molecule has 0 saturated carbocycles. The van der Waals surface area contributed by atoms with Crippen molar-refractivity contribution in [2.24, 2.45) is 0 Å². The van der Waals surface area contributed by atoms with E-state index in [1.54, 1.807) is 6.20 Å². The molecular weight excluding hydrogens is 272 g/mol. The molecule has 0 radical (unpaired) electrons. The first kappa shape index (κ1) is 14.0. The molecule has 0 unspecified atom stereocenters. The monoisotopic (exact) mass is 288 g/mol. The van der Waals surface area contributed by atoms with Crippen LogP contribution in [0.2, 0.25) is 0 Å². The second-order valence-corrected chi connectivity index (χ2v) is 5.05. The van der Waals surface area contributed by atoms with Crippen molar-refractivity contribution in [1.82, 2.24) is 9.78 Å². The standard InChI is InChI=1S/C19H16N2O/c1-15-7-5-6-10-18(15)19(22)21-14-13-17(20-21)12-11-16-8-3-2-4-9-16/h2-14H,1H3/b12-11+. The van der Waals surface area contributed by atoms with E-state index >= 15 is 0 Å². The van der Waals surface area contributed by atoms with Gasteiger partial charge in [0.05, 0.1) is 5.69 Å². The van der Waals surface area contributed by atoms with E-state index in [0.29, 0.717) is 5.56 Å². The van der Waals surface area contributed by atoms with Gasteiger partial charge in [-0.15, -0.1) is 0 Å². The smallest absolute Gasteiger partial charge is 0.267 e. The minimum Gasteiger partial charge on any atom is -0.267 e. The third kappa shape index (κ3) is 3.04. The van der Waals surface area contributed by atoms with Gasteiger partial charge in [-0.2, -0.15) is 5.10 Å². The Morgan fingerprint density at radius 3 is 2.45 bits per heavy atom. The van der Waals surface area contributed by atoms with Crippen LogP contribution >= 0.6 is 0 Å². The molecule has 0 fully saturated rings. The minimum atomic E-state index is -0.113. The van der Waals surface area contributed by atoms with Crippen LogP contribution in [0.15, 0.2) is 66.9 Å². The number of benzene rings is 2. The highest BCUT2D eigenvalue weighted by Crippen LogP contribution is 2.11. The van der Waals surface area contributed by atoms with E-state index in [2.05, 4.69) is 5.10 Å². The zero-order valence-corrected chi connectivity index (χ0v) is 12.3. The van der Waals surface area contributed by atoms with Crippen LogP contribution in [-0.2, 0) is 0 Å². The van der Waals surface area contributed by atoms with Crippen molar-refractivity contribution in [1.29, 1.82) is 0 Å². The molecule has 1 aromatic heterocycles. The highest BCUT2D eigenvalue weighted by Gasteiger charge is 2.11. The van der Waals surface area contributed by atoms with Crippen molar-refractivity contribution in [2.75, 3.05) is 0 Å². The molecule has 0 N–H and O–H groups in total. The molecule has 0 aliphatic heterocycles. The molecule has 3 rings (SSSR count). The second kappa shape index (κ2) is 6.22. The van der Waals surface area contributed by atoms with Gasteiger partial charge in [-0.25, -0.2) is 4.68 Å². The van der Waals surface area contributed by atoms with Crippen molar-refractivity contribution < 1.29 is 4.79 Å². The molecular formula is C19H16N2O. The van der Waals surface area contributed by atoms with Crippen LogP contribution < -0.4 is 0 Å². The Labute approximate surface area is 129 Å². The average molecular weight is 288 g/mol. The maximum atomic E-state index is 12.4. The van der Waals surface area contributed by atoms with E-state index in [0.717, 1.165) is 16.8 Å². The van der Waals surface area contributed by atoms with Crippen molar-refractivity contribution in [3.63, 3.8) is 0 Å². The van der Waals surface area contributed by atoms with E-state index < -0.39 is 0 Å². The van der Waals surface area contributed by atoms with E-state index in [-0.39, 0.29) is 5.91 Å². The number of rotatable bonds is 3. The Balaban J connectivity index is 1.81. The first-order valence-corrected chi connectivity index (χ1v) is 7.13. The highest BCUT2D eigenvalue weighted by atomic mass is 16.2. The lowest BCUT2D eigenvalue weighted by Crippen LogP contribution is -2.13. The average Bonchev–Trinajstić information content (AvgIpc) is 3.03. The molecule has 0 bridgehead atoms. The minimum absolute atomic E-state index is 0.113. The molecule has 0 aliphatic rings. The molecule has 2 aromatic carbocycles. The number of hydrogen-bond acceptors (Lipinski definition) is 2.